The predicted octanol–water partition coefficient (Wildman–Crippen LogP) is 3.66. The van der Waals surface area contributed by atoms with Crippen molar-refractivity contribution in [1.29, 1.82) is 0 Å². The number of nitrogens with zero attached hydrogens (tertiary/aromatic N) is 1. The maximum atomic E-state index is 12.3. The van der Waals surface area contributed by atoms with E-state index in [1.807, 2.05) is 49.4 Å². The molecular weight excluding hydrogens is 248 g/mol. The van der Waals surface area contributed by atoms with Gasteiger partial charge in [0, 0.05) is 11.9 Å². The SMILES string of the molecule is CCCC(NC(=O)c1ccc(C)nc1)c1ccccc1. The highest BCUT2D eigenvalue weighted by Crippen LogP contribution is 2.18. The van der Waals surface area contributed by atoms with E-state index >= 15 is 0 Å². The van der Waals surface area contributed by atoms with E-state index in [0.29, 0.717) is 5.56 Å². The molecule has 0 radical (unpaired) electrons. The number of hydrogen-bond donors (Lipinski definition) is 1. The van der Waals surface area contributed by atoms with Gasteiger partial charge in [-0.2, -0.15) is 0 Å². The number of nitrogens with one attached hydrogen (secondary N) is 1. The number of pyridine rings is 1. The van der Waals surface area contributed by atoms with Gasteiger partial charge < -0.3 is 5.32 Å². The molecule has 1 aromatic carbocycles. The number of rotatable bonds is 5. The molecule has 1 heterocycles. The molecule has 1 atom stereocenters. The molecule has 0 saturated carbocycles. The van der Waals surface area contributed by atoms with E-state index in [9.17, 15) is 4.79 Å². The van der Waals surface area contributed by atoms with Gasteiger partial charge in [0.05, 0.1) is 11.6 Å². The first-order chi connectivity index (χ1) is 9.70. The molecule has 2 aromatic rings. The molecule has 3 nitrogen and oxygen atoms in total. The fourth-order valence-electron chi connectivity index (χ4n) is 2.14. The van der Waals surface area contributed by atoms with Crippen molar-refractivity contribution in [3.8, 4) is 0 Å². The highest BCUT2D eigenvalue weighted by molar-refractivity contribution is 5.94. The third-order valence-electron chi connectivity index (χ3n) is 3.26. The van der Waals surface area contributed by atoms with Gasteiger partial charge in [0.1, 0.15) is 0 Å². The lowest BCUT2D eigenvalue weighted by Crippen LogP contribution is -2.28. The van der Waals surface area contributed by atoms with Crippen molar-refractivity contribution < 1.29 is 4.79 Å². The molecule has 1 N–H and O–H groups in total. The second kappa shape index (κ2) is 6.85. The molecule has 1 unspecified atom stereocenters. The van der Waals surface area contributed by atoms with Gasteiger partial charge in [-0.25, -0.2) is 0 Å². The molecule has 3 heteroatoms. The Kier molecular flexibility index (Phi) is 4.88. The van der Waals surface area contributed by atoms with Gasteiger partial charge >= 0.3 is 0 Å². The maximum Gasteiger partial charge on any atom is 0.253 e. The van der Waals surface area contributed by atoms with Crippen LogP contribution in [0.3, 0.4) is 0 Å². The minimum absolute atomic E-state index is 0.0509. The molecule has 0 fully saturated rings. The zero-order valence-corrected chi connectivity index (χ0v) is 12.0. The normalized spacial score (nSPS) is 11.9. The molecule has 0 aliphatic carbocycles. The largest absolute Gasteiger partial charge is 0.345 e. The molecule has 104 valence electrons. The average molecular weight is 268 g/mol. The lowest BCUT2D eigenvalue weighted by atomic mass is 10.0. The molecule has 0 bridgehead atoms. The summed E-state index contributed by atoms with van der Waals surface area (Å²) in [6.45, 7) is 4.03. The predicted molar refractivity (Wildman–Crippen MR) is 80.5 cm³/mol. The van der Waals surface area contributed by atoms with Crippen LogP contribution in [0, 0.1) is 6.92 Å². The van der Waals surface area contributed by atoms with Crippen LogP contribution in [0.25, 0.3) is 0 Å². The Hall–Kier alpha value is -2.16. The molecule has 0 aliphatic rings. The maximum absolute atomic E-state index is 12.3. The minimum atomic E-state index is -0.0696. The molecule has 20 heavy (non-hydrogen) atoms. The smallest absolute Gasteiger partial charge is 0.253 e. The Morgan fingerprint density at radius 2 is 1.95 bits per heavy atom. The van der Waals surface area contributed by atoms with Crippen molar-refractivity contribution >= 4 is 5.91 Å². The van der Waals surface area contributed by atoms with Crippen molar-refractivity contribution in [3.05, 3.63) is 65.5 Å². The van der Waals surface area contributed by atoms with E-state index in [0.717, 1.165) is 24.1 Å². The van der Waals surface area contributed by atoms with E-state index in [2.05, 4.69) is 17.2 Å². The topological polar surface area (TPSA) is 42.0 Å². The lowest BCUT2D eigenvalue weighted by molar-refractivity contribution is 0.0934. The minimum Gasteiger partial charge on any atom is -0.345 e. The second-order valence-corrected chi connectivity index (χ2v) is 4.91. The quantitative estimate of drug-likeness (QED) is 0.899. The van der Waals surface area contributed by atoms with E-state index in [-0.39, 0.29) is 11.9 Å². The van der Waals surface area contributed by atoms with Crippen LogP contribution in [0.1, 0.15) is 47.4 Å². The van der Waals surface area contributed by atoms with Crippen molar-refractivity contribution in [2.75, 3.05) is 0 Å². The second-order valence-electron chi connectivity index (χ2n) is 4.91. The summed E-state index contributed by atoms with van der Waals surface area (Å²) in [6.07, 6.45) is 3.57. The highest BCUT2D eigenvalue weighted by atomic mass is 16.1. The van der Waals surface area contributed by atoms with Crippen LogP contribution in [0.2, 0.25) is 0 Å². The van der Waals surface area contributed by atoms with E-state index in [1.54, 1.807) is 6.20 Å². The lowest BCUT2D eigenvalue weighted by Gasteiger charge is -2.18. The molecule has 1 aromatic heterocycles. The van der Waals surface area contributed by atoms with E-state index in [4.69, 9.17) is 0 Å². The Morgan fingerprint density at radius 1 is 1.20 bits per heavy atom. The molecule has 0 saturated heterocycles. The third kappa shape index (κ3) is 3.67. The summed E-state index contributed by atoms with van der Waals surface area (Å²) in [7, 11) is 0. The van der Waals surface area contributed by atoms with Crippen LogP contribution in [-0.4, -0.2) is 10.9 Å². The number of amides is 1. The molecule has 2 rings (SSSR count). The van der Waals surface area contributed by atoms with Gasteiger partial charge in [-0.1, -0.05) is 43.7 Å². The Labute approximate surface area is 120 Å². The summed E-state index contributed by atoms with van der Waals surface area (Å²) in [5, 5.41) is 3.09. The standard InChI is InChI=1S/C17H20N2O/c1-3-7-16(14-8-5-4-6-9-14)19-17(20)15-11-10-13(2)18-12-15/h4-6,8-12,16H,3,7H2,1-2H3,(H,19,20). The Bertz CT molecular complexity index is 549. The molecular formula is C17H20N2O. The Morgan fingerprint density at radius 3 is 2.55 bits per heavy atom. The summed E-state index contributed by atoms with van der Waals surface area (Å²) in [5.41, 5.74) is 2.66. The van der Waals surface area contributed by atoms with Crippen molar-refractivity contribution in [2.24, 2.45) is 0 Å². The number of aryl methyl sites for hydroxylation is 1. The van der Waals surface area contributed by atoms with Crippen LogP contribution in [0.4, 0.5) is 0 Å². The average Bonchev–Trinajstić information content (AvgIpc) is 2.48. The number of carbonyl (C=O) groups excluding carboxylic acids is 1. The Balaban J connectivity index is 2.12. The first kappa shape index (κ1) is 14.3. The third-order valence-corrected chi connectivity index (χ3v) is 3.26. The number of benzene rings is 1. The zero-order valence-electron chi connectivity index (χ0n) is 12.0. The van der Waals surface area contributed by atoms with Crippen molar-refractivity contribution in [3.63, 3.8) is 0 Å². The highest BCUT2D eigenvalue weighted by Gasteiger charge is 2.14. The van der Waals surface area contributed by atoms with Crippen LogP contribution in [0.5, 0.6) is 0 Å². The van der Waals surface area contributed by atoms with Gasteiger partial charge in [-0.15, -0.1) is 0 Å². The number of aromatic nitrogens is 1. The van der Waals surface area contributed by atoms with Gasteiger partial charge in [0.25, 0.3) is 5.91 Å². The molecule has 0 aliphatic heterocycles. The van der Waals surface area contributed by atoms with E-state index < -0.39 is 0 Å². The number of carbonyl (C=O) groups is 1. The van der Waals surface area contributed by atoms with Crippen LogP contribution < -0.4 is 5.32 Å². The van der Waals surface area contributed by atoms with Crippen LogP contribution in [0.15, 0.2) is 48.7 Å². The first-order valence-corrected chi connectivity index (χ1v) is 6.99. The first-order valence-electron chi connectivity index (χ1n) is 6.99. The summed E-state index contributed by atoms with van der Waals surface area (Å²) >= 11 is 0. The van der Waals surface area contributed by atoms with E-state index in [1.165, 1.54) is 0 Å². The fourth-order valence-corrected chi connectivity index (χ4v) is 2.14. The fraction of sp³-hybridized carbons (Fsp3) is 0.294. The van der Waals surface area contributed by atoms with Gasteiger partial charge in [-0.3, -0.25) is 9.78 Å². The summed E-state index contributed by atoms with van der Waals surface area (Å²) < 4.78 is 0. The molecule has 1 amide bonds. The molecule has 0 spiro atoms. The zero-order chi connectivity index (χ0) is 14.4. The van der Waals surface area contributed by atoms with Crippen LogP contribution >= 0.6 is 0 Å². The van der Waals surface area contributed by atoms with Gasteiger partial charge in [0.15, 0.2) is 0 Å². The van der Waals surface area contributed by atoms with Crippen molar-refractivity contribution in [2.45, 2.75) is 32.7 Å². The monoisotopic (exact) mass is 268 g/mol. The van der Waals surface area contributed by atoms with Gasteiger partial charge in [-0.05, 0) is 31.0 Å². The van der Waals surface area contributed by atoms with Crippen molar-refractivity contribution in [1.82, 2.24) is 10.3 Å². The van der Waals surface area contributed by atoms with Crippen LogP contribution in [-0.2, 0) is 0 Å². The number of hydrogen-bond acceptors (Lipinski definition) is 2. The summed E-state index contributed by atoms with van der Waals surface area (Å²) in [6, 6.07) is 13.8. The summed E-state index contributed by atoms with van der Waals surface area (Å²) in [4.78, 5) is 16.4. The summed E-state index contributed by atoms with van der Waals surface area (Å²) in [5.74, 6) is -0.0696. The van der Waals surface area contributed by atoms with Gasteiger partial charge in [0.2, 0.25) is 0 Å².